The zero-order valence-electron chi connectivity index (χ0n) is 9.65. The van der Waals surface area contributed by atoms with Crippen LogP contribution < -0.4 is 0 Å². The summed E-state index contributed by atoms with van der Waals surface area (Å²) in [6.45, 7) is 1.80. The molecule has 3 nitrogen and oxygen atoms in total. The largest absolute Gasteiger partial charge is 0.360 e. The third kappa shape index (κ3) is 3.40. The van der Waals surface area contributed by atoms with Crippen molar-refractivity contribution in [1.82, 2.24) is 5.16 Å². The molecule has 1 aromatic heterocycles. The molecule has 0 aliphatic rings. The van der Waals surface area contributed by atoms with Crippen LogP contribution in [0.2, 0.25) is 5.02 Å². The highest BCUT2D eigenvalue weighted by Gasteiger charge is 2.10. The van der Waals surface area contributed by atoms with Gasteiger partial charge in [-0.3, -0.25) is 4.21 Å². The summed E-state index contributed by atoms with van der Waals surface area (Å²) in [4.78, 5) is 0. The number of nitrogens with zero attached hydrogens (tertiary/aromatic N) is 1. The maximum Gasteiger partial charge on any atom is 0.149 e. The van der Waals surface area contributed by atoms with Gasteiger partial charge in [-0.25, -0.2) is 4.39 Å². The van der Waals surface area contributed by atoms with Gasteiger partial charge in [-0.2, -0.15) is 0 Å². The van der Waals surface area contributed by atoms with Crippen molar-refractivity contribution in [1.29, 1.82) is 0 Å². The van der Waals surface area contributed by atoms with Gasteiger partial charge in [0.1, 0.15) is 11.6 Å². The van der Waals surface area contributed by atoms with E-state index < -0.39 is 16.6 Å². The Morgan fingerprint density at radius 3 is 2.78 bits per heavy atom. The van der Waals surface area contributed by atoms with E-state index in [2.05, 4.69) is 5.16 Å². The van der Waals surface area contributed by atoms with Crippen LogP contribution >= 0.6 is 11.6 Å². The molecule has 0 aliphatic carbocycles. The van der Waals surface area contributed by atoms with E-state index in [0.29, 0.717) is 11.3 Å². The SMILES string of the molecule is Cc1cc(C[S@](=O)Cc2ccc(F)cc2Cl)on1. The fraction of sp³-hybridized carbons (Fsp3) is 0.250. The molecule has 0 saturated carbocycles. The molecule has 6 heteroatoms. The average molecular weight is 288 g/mol. The second-order valence-corrected chi connectivity index (χ2v) is 5.76. The Balaban J connectivity index is 2.03. The van der Waals surface area contributed by atoms with Crippen LogP contribution in [0.3, 0.4) is 0 Å². The molecule has 0 radical (unpaired) electrons. The number of benzene rings is 1. The van der Waals surface area contributed by atoms with E-state index in [1.165, 1.54) is 12.1 Å². The van der Waals surface area contributed by atoms with Crippen LogP contribution in [0.5, 0.6) is 0 Å². The highest BCUT2D eigenvalue weighted by Crippen LogP contribution is 2.19. The molecule has 2 rings (SSSR count). The molecule has 0 bridgehead atoms. The van der Waals surface area contributed by atoms with E-state index in [0.717, 1.165) is 5.69 Å². The minimum atomic E-state index is -1.17. The Hall–Kier alpha value is -1.20. The lowest BCUT2D eigenvalue weighted by atomic mass is 10.2. The predicted octanol–water partition coefficient (Wildman–Crippen LogP) is 3.22. The molecular weight excluding hydrogens is 277 g/mol. The van der Waals surface area contributed by atoms with Crippen LogP contribution in [0.4, 0.5) is 4.39 Å². The van der Waals surface area contributed by atoms with Crippen molar-refractivity contribution in [3.05, 3.63) is 52.1 Å². The first-order chi connectivity index (χ1) is 8.54. The van der Waals surface area contributed by atoms with Gasteiger partial charge in [0.15, 0.2) is 0 Å². The minimum Gasteiger partial charge on any atom is -0.360 e. The first-order valence-corrected chi connectivity index (χ1v) is 7.12. The first kappa shape index (κ1) is 13.2. The molecule has 0 N–H and O–H groups in total. The van der Waals surface area contributed by atoms with E-state index in [4.69, 9.17) is 16.1 Å². The Labute approximate surface area is 111 Å². The van der Waals surface area contributed by atoms with E-state index in [1.807, 2.05) is 0 Å². The van der Waals surface area contributed by atoms with Crippen LogP contribution in [-0.4, -0.2) is 9.37 Å². The standard InChI is InChI=1S/C12H11ClFNO2S/c1-8-4-11(17-15-8)7-18(16)6-9-2-3-10(14)5-12(9)13/h2-5H,6-7H2,1H3/t18-/m1/s1. The molecule has 1 aromatic carbocycles. The summed E-state index contributed by atoms with van der Waals surface area (Å²) in [6, 6.07) is 5.80. The second-order valence-electron chi connectivity index (χ2n) is 3.90. The number of hydrogen-bond donors (Lipinski definition) is 0. The van der Waals surface area contributed by atoms with Gasteiger partial charge in [0.05, 0.1) is 17.2 Å². The molecule has 96 valence electrons. The van der Waals surface area contributed by atoms with Crippen molar-refractivity contribution in [3.63, 3.8) is 0 Å². The summed E-state index contributed by atoms with van der Waals surface area (Å²) < 4.78 is 29.7. The molecule has 0 unspecified atom stereocenters. The number of halogens is 2. The van der Waals surface area contributed by atoms with Crippen molar-refractivity contribution in [2.24, 2.45) is 0 Å². The Bertz CT molecular complexity index is 585. The quantitative estimate of drug-likeness (QED) is 0.867. The third-order valence-electron chi connectivity index (χ3n) is 2.31. The number of rotatable bonds is 4. The summed E-state index contributed by atoms with van der Waals surface area (Å²) in [5, 5.41) is 4.01. The number of aromatic nitrogens is 1. The number of aryl methyl sites for hydroxylation is 1. The third-order valence-corrected chi connectivity index (χ3v) is 3.90. The fourth-order valence-electron chi connectivity index (χ4n) is 1.51. The lowest BCUT2D eigenvalue weighted by molar-refractivity contribution is 0.390. The van der Waals surface area contributed by atoms with Gasteiger partial charge in [-0.05, 0) is 24.6 Å². The van der Waals surface area contributed by atoms with Crippen molar-refractivity contribution in [2.75, 3.05) is 0 Å². The van der Waals surface area contributed by atoms with Gasteiger partial charge in [-0.1, -0.05) is 22.8 Å². The van der Waals surface area contributed by atoms with Gasteiger partial charge >= 0.3 is 0 Å². The van der Waals surface area contributed by atoms with Gasteiger partial charge in [0.25, 0.3) is 0 Å². The molecule has 0 amide bonds. The summed E-state index contributed by atoms with van der Waals surface area (Å²) >= 11 is 5.87. The molecular formula is C12H11ClFNO2S. The van der Waals surface area contributed by atoms with Crippen molar-refractivity contribution >= 4 is 22.4 Å². The summed E-state index contributed by atoms with van der Waals surface area (Å²) in [7, 11) is -1.17. The molecule has 0 fully saturated rings. The molecule has 1 atom stereocenters. The van der Waals surface area contributed by atoms with Crippen molar-refractivity contribution in [3.8, 4) is 0 Å². The minimum absolute atomic E-state index is 0.263. The van der Waals surface area contributed by atoms with E-state index in [9.17, 15) is 8.60 Å². The number of hydrogen-bond acceptors (Lipinski definition) is 3. The van der Waals surface area contributed by atoms with E-state index in [1.54, 1.807) is 19.1 Å². The van der Waals surface area contributed by atoms with Gasteiger partial charge in [-0.15, -0.1) is 0 Å². The maximum atomic E-state index is 12.9. The van der Waals surface area contributed by atoms with Crippen molar-refractivity contribution < 1.29 is 13.1 Å². The Morgan fingerprint density at radius 1 is 1.39 bits per heavy atom. The highest BCUT2D eigenvalue weighted by molar-refractivity contribution is 7.83. The van der Waals surface area contributed by atoms with Crippen LogP contribution in [0.1, 0.15) is 17.0 Å². The lowest BCUT2D eigenvalue weighted by Crippen LogP contribution is -1.99. The van der Waals surface area contributed by atoms with Gasteiger partial charge in [0.2, 0.25) is 0 Å². The predicted molar refractivity (Wildman–Crippen MR) is 68.2 cm³/mol. The molecule has 0 spiro atoms. The van der Waals surface area contributed by atoms with E-state index >= 15 is 0 Å². The fourth-order valence-corrected chi connectivity index (χ4v) is 2.97. The average Bonchev–Trinajstić information content (AvgIpc) is 2.68. The lowest BCUT2D eigenvalue weighted by Gasteiger charge is -2.03. The van der Waals surface area contributed by atoms with E-state index in [-0.39, 0.29) is 16.5 Å². The Morgan fingerprint density at radius 2 is 2.17 bits per heavy atom. The van der Waals surface area contributed by atoms with Crippen LogP contribution in [0, 0.1) is 12.7 Å². The summed E-state index contributed by atoms with van der Waals surface area (Å²) in [5.41, 5.74) is 1.41. The topological polar surface area (TPSA) is 43.1 Å². The summed E-state index contributed by atoms with van der Waals surface area (Å²) in [6.07, 6.45) is 0. The molecule has 0 saturated heterocycles. The second kappa shape index (κ2) is 5.63. The molecule has 18 heavy (non-hydrogen) atoms. The highest BCUT2D eigenvalue weighted by atomic mass is 35.5. The van der Waals surface area contributed by atoms with Gasteiger partial charge in [0, 0.05) is 21.9 Å². The van der Waals surface area contributed by atoms with Crippen LogP contribution in [0.25, 0.3) is 0 Å². The Kier molecular flexibility index (Phi) is 4.14. The monoisotopic (exact) mass is 287 g/mol. The zero-order valence-corrected chi connectivity index (χ0v) is 11.2. The van der Waals surface area contributed by atoms with Crippen molar-refractivity contribution in [2.45, 2.75) is 18.4 Å². The molecule has 0 aliphatic heterocycles. The summed E-state index contributed by atoms with van der Waals surface area (Å²) in [5.74, 6) is 0.706. The van der Waals surface area contributed by atoms with Crippen LogP contribution in [-0.2, 0) is 22.3 Å². The molecule has 1 heterocycles. The van der Waals surface area contributed by atoms with Crippen LogP contribution in [0.15, 0.2) is 28.8 Å². The smallest absolute Gasteiger partial charge is 0.149 e. The normalized spacial score (nSPS) is 12.6. The van der Waals surface area contributed by atoms with Gasteiger partial charge < -0.3 is 4.52 Å². The maximum absolute atomic E-state index is 12.9. The molecule has 2 aromatic rings. The zero-order chi connectivity index (χ0) is 13.1. The first-order valence-electron chi connectivity index (χ1n) is 5.25.